The number of β-lactam (4-membered cyclic amide) rings is 1. The minimum atomic E-state index is -3.99. The van der Waals surface area contributed by atoms with Gasteiger partial charge in [0.05, 0.1) is 12.0 Å². The summed E-state index contributed by atoms with van der Waals surface area (Å²) in [7, 11) is -1.99. The Morgan fingerprint density at radius 1 is 0.976 bits per heavy atom. The highest BCUT2D eigenvalue weighted by Crippen LogP contribution is 2.39. The van der Waals surface area contributed by atoms with Crippen molar-refractivity contribution in [3.8, 4) is 11.5 Å². The Labute approximate surface area is 252 Å². The molecule has 1 N–H and O–H groups in total. The molecule has 222 valence electrons. The van der Waals surface area contributed by atoms with Crippen LogP contribution in [0.1, 0.15) is 12.0 Å². The lowest BCUT2D eigenvalue weighted by Gasteiger charge is -2.48. The Kier molecular flexibility index (Phi) is 10.7. The first kappa shape index (κ1) is 31.2. The SMILES string of the molecule is COc1ccc(COC(=O)[C@@H](CCCl)N2C(=O)[C@@H](NC(=O)COc3ccccc3)[C@H]2SS(=O)(=O)c2ccccc2)cc1. The minimum Gasteiger partial charge on any atom is -0.497 e. The molecule has 42 heavy (non-hydrogen) atoms. The molecule has 10 nitrogen and oxygen atoms in total. The van der Waals surface area contributed by atoms with Gasteiger partial charge in [-0.3, -0.25) is 9.59 Å². The molecule has 3 aromatic rings. The molecule has 1 saturated heterocycles. The molecule has 2 amide bonds. The summed E-state index contributed by atoms with van der Waals surface area (Å²) in [4.78, 5) is 40.4. The summed E-state index contributed by atoms with van der Waals surface area (Å²) in [6.07, 6.45) is 0.00890. The molecule has 4 rings (SSSR count). The van der Waals surface area contributed by atoms with E-state index in [1.165, 1.54) is 19.2 Å². The average Bonchev–Trinajstić information content (AvgIpc) is 3.02. The highest BCUT2D eigenvalue weighted by molar-refractivity contribution is 8.72. The number of hydrogen-bond acceptors (Lipinski definition) is 9. The van der Waals surface area contributed by atoms with Gasteiger partial charge in [-0.1, -0.05) is 48.5 Å². The summed E-state index contributed by atoms with van der Waals surface area (Å²) in [5, 5.41) is 1.42. The minimum absolute atomic E-state index is 0.00313. The molecule has 0 radical (unpaired) electrons. The number of carbonyl (C=O) groups excluding carboxylic acids is 3. The molecule has 1 aliphatic rings. The number of carbonyl (C=O) groups is 3. The van der Waals surface area contributed by atoms with Crippen molar-refractivity contribution < 1.29 is 37.0 Å². The topological polar surface area (TPSA) is 128 Å². The van der Waals surface area contributed by atoms with E-state index in [0.29, 0.717) is 27.9 Å². The number of esters is 1. The average molecular weight is 633 g/mol. The first-order valence-electron chi connectivity index (χ1n) is 12.9. The third-order valence-corrected chi connectivity index (χ3v) is 10.2. The number of nitrogens with zero attached hydrogens (tertiary/aromatic N) is 1. The molecule has 0 aliphatic carbocycles. The van der Waals surface area contributed by atoms with Crippen molar-refractivity contribution in [1.29, 1.82) is 0 Å². The van der Waals surface area contributed by atoms with Crippen LogP contribution in [0.4, 0.5) is 0 Å². The van der Waals surface area contributed by atoms with Crippen LogP contribution in [0.25, 0.3) is 0 Å². The third kappa shape index (κ3) is 7.75. The van der Waals surface area contributed by atoms with Crippen molar-refractivity contribution in [3.05, 3.63) is 90.5 Å². The summed E-state index contributed by atoms with van der Waals surface area (Å²) >= 11 is 5.99. The number of halogens is 1. The number of para-hydroxylation sites is 1. The van der Waals surface area contributed by atoms with E-state index in [-0.39, 0.29) is 23.8 Å². The van der Waals surface area contributed by atoms with Gasteiger partial charge in [-0.15, -0.1) is 11.6 Å². The Hall–Kier alpha value is -3.74. The standard InChI is InChI=1S/C29H29ClN2O8S2/c1-38-21-14-12-20(13-15-21)18-40-29(35)24(16-17-30)32-27(34)26(31-25(33)19-39-22-8-4-2-5-9-22)28(32)41-42(36,37)23-10-6-3-7-11-23/h2-15,24,26,28H,16-19H2,1H3,(H,31,33)/t24-,26-,28-/m1/s1. The Morgan fingerprint density at radius 2 is 1.62 bits per heavy atom. The zero-order valence-corrected chi connectivity index (χ0v) is 24.9. The van der Waals surface area contributed by atoms with E-state index >= 15 is 0 Å². The molecule has 0 aromatic heterocycles. The number of alkyl halides is 1. The Balaban J connectivity index is 1.51. The summed E-state index contributed by atoms with van der Waals surface area (Å²) in [5.74, 6) is -0.932. The number of methoxy groups -OCH3 is 1. The van der Waals surface area contributed by atoms with E-state index < -0.39 is 50.7 Å². The van der Waals surface area contributed by atoms with Crippen LogP contribution in [0.15, 0.2) is 89.8 Å². The molecule has 3 aromatic carbocycles. The number of amides is 2. The van der Waals surface area contributed by atoms with Gasteiger partial charge < -0.3 is 24.4 Å². The van der Waals surface area contributed by atoms with Crippen LogP contribution in [0.3, 0.4) is 0 Å². The van der Waals surface area contributed by atoms with Crippen LogP contribution < -0.4 is 14.8 Å². The van der Waals surface area contributed by atoms with E-state index in [1.807, 2.05) is 0 Å². The van der Waals surface area contributed by atoms with Crippen molar-refractivity contribution in [2.45, 2.75) is 35.4 Å². The highest BCUT2D eigenvalue weighted by Gasteiger charge is 2.55. The van der Waals surface area contributed by atoms with E-state index in [4.69, 9.17) is 25.8 Å². The van der Waals surface area contributed by atoms with Crippen molar-refractivity contribution >= 4 is 49.0 Å². The fourth-order valence-electron chi connectivity index (χ4n) is 4.15. The number of hydrogen-bond donors (Lipinski definition) is 1. The monoisotopic (exact) mass is 632 g/mol. The van der Waals surface area contributed by atoms with Gasteiger partial charge in [0.1, 0.15) is 35.6 Å². The van der Waals surface area contributed by atoms with Crippen LogP contribution in [0.2, 0.25) is 0 Å². The van der Waals surface area contributed by atoms with Gasteiger partial charge in [0.2, 0.25) is 14.8 Å². The van der Waals surface area contributed by atoms with Gasteiger partial charge in [-0.2, -0.15) is 0 Å². The quantitative estimate of drug-likeness (QED) is 0.123. The van der Waals surface area contributed by atoms with Gasteiger partial charge in [0.15, 0.2) is 6.61 Å². The summed E-state index contributed by atoms with van der Waals surface area (Å²) in [5.41, 5.74) is 0.685. The van der Waals surface area contributed by atoms with Crippen LogP contribution in [-0.4, -0.2) is 68.2 Å². The molecule has 13 heteroatoms. The molecule has 3 atom stereocenters. The van der Waals surface area contributed by atoms with E-state index in [2.05, 4.69) is 5.32 Å². The molecular weight excluding hydrogens is 604 g/mol. The number of ether oxygens (including phenoxy) is 3. The maximum atomic E-state index is 13.4. The lowest BCUT2D eigenvalue weighted by molar-refractivity contribution is -0.166. The summed E-state index contributed by atoms with van der Waals surface area (Å²) in [6.45, 7) is -0.480. The van der Waals surface area contributed by atoms with Gasteiger partial charge in [-0.05, 0) is 48.4 Å². The van der Waals surface area contributed by atoms with Crippen LogP contribution in [-0.2, 0) is 34.6 Å². The van der Waals surface area contributed by atoms with Crippen LogP contribution >= 0.6 is 22.4 Å². The molecule has 0 bridgehead atoms. The maximum absolute atomic E-state index is 13.4. The predicted octanol–water partition coefficient (Wildman–Crippen LogP) is 3.59. The fraction of sp³-hybridized carbons (Fsp3) is 0.276. The van der Waals surface area contributed by atoms with Crippen molar-refractivity contribution in [2.24, 2.45) is 0 Å². The van der Waals surface area contributed by atoms with Crippen molar-refractivity contribution in [2.75, 3.05) is 19.6 Å². The number of nitrogens with one attached hydrogen (secondary N) is 1. The fourth-order valence-corrected chi connectivity index (χ4v) is 7.92. The van der Waals surface area contributed by atoms with Crippen molar-refractivity contribution in [3.63, 3.8) is 0 Å². The largest absolute Gasteiger partial charge is 0.497 e. The number of benzene rings is 3. The second-order valence-electron chi connectivity index (χ2n) is 9.10. The number of likely N-dealkylation sites (tertiary alicyclic amines) is 1. The van der Waals surface area contributed by atoms with Crippen molar-refractivity contribution in [1.82, 2.24) is 10.2 Å². The predicted molar refractivity (Wildman–Crippen MR) is 158 cm³/mol. The van der Waals surface area contributed by atoms with Gasteiger partial charge in [0.25, 0.3) is 5.91 Å². The molecule has 0 unspecified atom stereocenters. The first-order chi connectivity index (χ1) is 20.2. The Bertz CT molecular complexity index is 1470. The molecule has 1 aliphatic heterocycles. The van der Waals surface area contributed by atoms with Crippen LogP contribution in [0, 0.1) is 0 Å². The molecule has 0 spiro atoms. The van der Waals surface area contributed by atoms with Gasteiger partial charge in [-0.25, -0.2) is 13.2 Å². The normalized spacial score (nSPS) is 17.1. The zero-order valence-electron chi connectivity index (χ0n) is 22.6. The number of rotatable bonds is 14. The molecule has 0 saturated carbocycles. The van der Waals surface area contributed by atoms with E-state index in [0.717, 1.165) is 4.90 Å². The van der Waals surface area contributed by atoms with Crippen LogP contribution in [0.5, 0.6) is 11.5 Å². The highest BCUT2D eigenvalue weighted by atomic mass is 35.5. The Morgan fingerprint density at radius 3 is 2.24 bits per heavy atom. The lowest BCUT2D eigenvalue weighted by atomic mass is 10.0. The lowest BCUT2D eigenvalue weighted by Crippen LogP contribution is -2.73. The first-order valence-corrected chi connectivity index (χ1v) is 16.3. The molecule has 1 fully saturated rings. The van der Waals surface area contributed by atoms with E-state index in [1.54, 1.807) is 72.8 Å². The molecule has 1 heterocycles. The third-order valence-electron chi connectivity index (χ3n) is 6.30. The maximum Gasteiger partial charge on any atom is 0.329 e. The van der Waals surface area contributed by atoms with E-state index in [9.17, 15) is 22.8 Å². The second-order valence-corrected chi connectivity index (χ2v) is 13.4. The molecular formula is C29H29ClN2O8S2. The summed E-state index contributed by atoms with van der Waals surface area (Å²) in [6, 6.07) is 20.8. The smallest absolute Gasteiger partial charge is 0.329 e. The van der Waals surface area contributed by atoms with Gasteiger partial charge in [0, 0.05) is 16.7 Å². The van der Waals surface area contributed by atoms with Gasteiger partial charge >= 0.3 is 5.97 Å². The zero-order chi connectivity index (χ0) is 30.1. The summed E-state index contributed by atoms with van der Waals surface area (Å²) < 4.78 is 42.6. The second kappa shape index (κ2) is 14.4.